The molecule has 2 amide bonds. The Balaban J connectivity index is 1.95. The summed E-state index contributed by atoms with van der Waals surface area (Å²) in [6, 6.07) is 8.10. The van der Waals surface area contributed by atoms with Crippen LogP contribution < -0.4 is 5.32 Å². The van der Waals surface area contributed by atoms with Crippen molar-refractivity contribution in [2.75, 3.05) is 12.4 Å². The van der Waals surface area contributed by atoms with Gasteiger partial charge in [-0.15, -0.1) is 0 Å². The molecule has 0 atom stereocenters. The molecule has 0 aliphatic rings. The Morgan fingerprint density at radius 3 is 2.50 bits per heavy atom. The number of urea groups is 1. The van der Waals surface area contributed by atoms with Crippen LogP contribution in [0.5, 0.6) is 0 Å². The molecule has 0 saturated carbocycles. The van der Waals surface area contributed by atoms with Crippen molar-refractivity contribution in [3.05, 3.63) is 52.2 Å². The second kappa shape index (κ2) is 6.21. The summed E-state index contributed by atoms with van der Waals surface area (Å²) in [5.41, 5.74) is 1.88. The molecule has 1 aromatic heterocycles. The number of hydrogen-bond donors (Lipinski definition) is 2. The summed E-state index contributed by atoms with van der Waals surface area (Å²) in [5.74, 6) is -0.958. The van der Waals surface area contributed by atoms with Crippen molar-refractivity contribution in [2.24, 2.45) is 0 Å². The number of carbonyl (C=O) groups excluding carboxylic acids is 1. The molecule has 2 rings (SSSR count). The van der Waals surface area contributed by atoms with Crippen LogP contribution in [-0.4, -0.2) is 29.1 Å². The van der Waals surface area contributed by atoms with Crippen LogP contribution in [0.1, 0.15) is 15.9 Å². The zero-order valence-corrected chi connectivity index (χ0v) is 11.7. The second-order valence-electron chi connectivity index (χ2n) is 4.30. The van der Waals surface area contributed by atoms with E-state index in [4.69, 9.17) is 5.11 Å². The van der Waals surface area contributed by atoms with Gasteiger partial charge in [0.15, 0.2) is 0 Å². The molecule has 0 bridgehead atoms. The first kappa shape index (κ1) is 14.1. The van der Waals surface area contributed by atoms with Gasteiger partial charge >= 0.3 is 12.0 Å². The molecule has 0 aliphatic carbocycles. The number of hydrogen-bond acceptors (Lipinski definition) is 3. The van der Waals surface area contributed by atoms with Crippen molar-refractivity contribution in [1.29, 1.82) is 0 Å². The highest BCUT2D eigenvalue weighted by Crippen LogP contribution is 2.13. The Kier molecular flexibility index (Phi) is 4.37. The van der Waals surface area contributed by atoms with E-state index in [-0.39, 0.29) is 11.6 Å². The van der Waals surface area contributed by atoms with E-state index in [2.05, 4.69) is 5.32 Å². The maximum absolute atomic E-state index is 11.9. The Hall–Kier alpha value is -2.34. The molecule has 0 spiro atoms. The van der Waals surface area contributed by atoms with Gasteiger partial charge in [0.1, 0.15) is 0 Å². The van der Waals surface area contributed by atoms with Crippen LogP contribution in [0.4, 0.5) is 10.5 Å². The zero-order chi connectivity index (χ0) is 14.5. The Bertz CT molecular complexity index is 593. The number of nitrogens with one attached hydrogen (secondary N) is 1. The Morgan fingerprint density at radius 2 is 1.95 bits per heavy atom. The third kappa shape index (κ3) is 3.58. The average Bonchev–Trinajstić information content (AvgIpc) is 2.92. The third-order valence-electron chi connectivity index (χ3n) is 2.74. The van der Waals surface area contributed by atoms with Gasteiger partial charge in [-0.05, 0) is 29.1 Å². The smallest absolute Gasteiger partial charge is 0.335 e. The van der Waals surface area contributed by atoms with E-state index < -0.39 is 5.97 Å². The predicted molar refractivity (Wildman–Crippen MR) is 78.2 cm³/mol. The molecule has 2 aromatic rings. The SMILES string of the molecule is CN(Cc1ccc(C(=O)O)cc1)C(=O)Nc1ccsc1. The molecule has 0 saturated heterocycles. The fraction of sp³-hybridized carbons (Fsp3) is 0.143. The molecule has 20 heavy (non-hydrogen) atoms. The number of carboxylic acids is 1. The molecule has 6 heteroatoms. The maximum Gasteiger partial charge on any atom is 0.335 e. The summed E-state index contributed by atoms with van der Waals surface area (Å²) in [4.78, 5) is 24.2. The number of carbonyl (C=O) groups is 2. The lowest BCUT2D eigenvalue weighted by molar-refractivity contribution is 0.0697. The topological polar surface area (TPSA) is 69.6 Å². The zero-order valence-electron chi connectivity index (χ0n) is 10.9. The fourth-order valence-electron chi connectivity index (χ4n) is 1.65. The minimum Gasteiger partial charge on any atom is -0.478 e. The number of carboxylic acid groups (broad SMARTS) is 1. The minimum atomic E-state index is -0.958. The van der Waals surface area contributed by atoms with Crippen LogP contribution in [0.2, 0.25) is 0 Å². The summed E-state index contributed by atoms with van der Waals surface area (Å²) >= 11 is 1.51. The fourth-order valence-corrected chi connectivity index (χ4v) is 2.24. The molecule has 5 nitrogen and oxygen atoms in total. The summed E-state index contributed by atoms with van der Waals surface area (Å²) in [6.07, 6.45) is 0. The van der Waals surface area contributed by atoms with Crippen LogP contribution in [0.15, 0.2) is 41.1 Å². The van der Waals surface area contributed by atoms with E-state index >= 15 is 0 Å². The highest BCUT2D eigenvalue weighted by molar-refractivity contribution is 7.08. The number of amides is 2. The van der Waals surface area contributed by atoms with Crippen LogP contribution in [-0.2, 0) is 6.54 Å². The number of nitrogens with zero attached hydrogens (tertiary/aromatic N) is 1. The number of benzene rings is 1. The van der Waals surface area contributed by atoms with Gasteiger partial charge in [0.05, 0.1) is 11.3 Å². The monoisotopic (exact) mass is 290 g/mol. The van der Waals surface area contributed by atoms with Crippen molar-refractivity contribution < 1.29 is 14.7 Å². The molecule has 0 aliphatic heterocycles. The summed E-state index contributed by atoms with van der Waals surface area (Å²) in [5, 5.41) is 15.3. The molecule has 104 valence electrons. The van der Waals surface area contributed by atoms with Gasteiger partial charge in [0.2, 0.25) is 0 Å². The Morgan fingerprint density at radius 1 is 1.25 bits per heavy atom. The minimum absolute atomic E-state index is 0.203. The largest absolute Gasteiger partial charge is 0.478 e. The van der Waals surface area contributed by atoms with Crippen LogP contribution in [0.25, 0.3) is 0 Å². The first-order valence-electron chi connectivity index (χ1n) is 5.93. The first-order chi connectivity index (χ1) is 9.56. The van der Waals surface area contributed by atoms with E-state index in [1.807, 2.05) is 16.8 Å². The van der Waals surface area contributed by atoms with Gasteiger partial charge < -0.3 is 15.3 Å². The number of thiophene rings is 1. The molecular formula is C14H14N2O3S. The van der Waals surface area contributed by atoms with E-state index in [1.165, 1.54) is 28.4 Å². The summed E-state index contributed by atoms with van der Waals surface area (Å²) in [6.45, 7) is 0.413. The normalized spacial score (nSPS) is 10.1. The lowest BCUT2D eigenvalue weighted by atomic mass is 10.1. The van der Waals surface area contributed by atoms with Crippen LogP contribution >= 0.6 is 11.3 Å². The first-order valence-corrected chi connectivity index (χ1v) is 6.87. The van der Waals surface area contributed by atoms with E-state index in [0.717, 1.165) is 11.3 Å². The van der Waals surface area contributed by atoms with Crippen molar-refractivity contribution in [3.8, 4) is 0 Å². The van der Waals surface area contributed by atoms with E-state index in [0.29, 0.717) is 6.54 Å². The highest BCUT2D eigenvalue weighted by atomic mass is 32.1. The van der Waals surface area contributed by atoms with Crippen molar-refractivity contribution in [1.82, 2.24) is 4.90 Å². The van der Waals surface area contributed by atoms with Crippen molar-refractivity contribution in [3.63, 3.8) is 0 Å². The van der Waals surface area contributed by atoms with Crippen LogP contribution in [0, 0.1) is 0 Å². The molecule has 2 N–H and O–H groups in total. The number of anilines is 1. The molecule has 0 unspecified atom stereocenters. The van der Waals surface area contributed by atoms with Crippen LogP contribution in [0.3, 0.4) is 0 Å². The molecule has 1 heterocycles. The van der Waals surface area contributed by atoms with Gasteiger partial charge in [-0.1, -0.05) is 12.1 Å². The third-order valence-corrected chi connectivity index (χ3v) is 3.42. The summed E-state index contributed by atoms with van der Waals surface area (Å²) in [7, 11) is 1.69. The molecular weight excluding hydrogens is 276 g/mol. The lowest BCUT2D eigenvalue weighted by Gasteiger charge is -2.17. The lowest BCUT2D eigenvalue weighted by Crippen LogP contribution is -2.30. The highest BCUT2D eigenvalue weighted by Gasteiger charge is 2.10. The van der Waals surface area contributed by atoms with Gasteiger partial charge in [0.25, 0.3) is 0 Å². The molecule has 0 fully saturated rings. The standard InChI is InChI=1S/C14H14N2O3S/c1-16(14(19)15-12-6-7-20-9-12)8-10-2-4-11(5-3-10)13(17)18/h2-7,9H,8H2,1H3,(H,15,19)(H,17,18). The average molecular weight is 290 g/mol. The van der Waals surface area contributed by atoms with Crippen molar-refractivity contribution in [2.45, 2.75) is 6.54 Å². The summed E-state index contributed by atoms with van der Waals surface area (Å²) < 4.78 is 0. The van der Waals surface area contributed by atoms with E-state index in [1.54, 1.807) is 19.2 Å². The Labute approximate surface area is 120 Å². The quantitative estimate of drug-likeness (QED) is 0.909. The van der Waals surface area contributed by atoms with E-state index in [9.17, 15) is 9.59 Å². The molecule has 1 aromatic carbocycles. The molecule has 0 radical (unpaired) electrons. The van der Waals surface area contributed by atoms with Crippen molar-refractivity contribution >= 4 is 29.0 Å². The van der Waals surface area contributed by atoms with Gasteiger partial charge in [-0.2, -0.15) is 11.3 Å². The number of aromatic carboxylic acids is 1. The number of rotatable bonds is 4. The van der Waals surface area contributed by atoms with Gasteiger partial charge in [-0.25, -0.2) is 9.59 Å². The maximum atomic E-state index is 11.9. The second-order valence-corrected chi connectivity index (χ2v) is 5.08. The predicted octanol–water partition coefficient (Wildman–Crippen LogP) is 3.11. The van der Waals surface area contributed by atoms with Gasteiger partial charge in [0, 0.05) is 19.0 Å². The van der Waals surface area contributed by atoms with Gasteiger partial charge in [-0.3, -0.25) is 0 Å².